The molecule has 0 aliphatic carbocycles. The van der Waals surface area contributed by atoms with Crippen molar-refractivity contribution in [2.24, 2.45) is 0 Å². The van der Waals surface area contributed by atoms with E-state index >= 15 is 0 Å². The summed E-state index contributed by atoms with van der Waals surface area (Å²) in [6.45, 7) is 2.29. The molecule has 7 heteroatoms. The molecule has 0 radical (unpaired) electrons. The summed E-state index contributed by atoms with van der Waals surface area (Å²) in [6, 6.07) is 7.36. The molecule has 0 bridgehead atoms. The number of hydrogen-bond acceptors (Lipinski definition) is 5. The van der Waals surface area contributed by atoms with Gasteiger partial charge in [0.05, 0.1) is 6.61 Å². The molecule has 25 heavy (non-hydrogen) atoms. The Balaban J connectivity index is 2.12. The highest BCUT2D eigenvalue weighted by atomic mass is 32.2. The molecule has 0 heterocycles. The van der Waals surface area contributed by atoms with Crippen molar-refractivity contribution in [2.45, 2.75) is 50.3 Å². The highest BCUT2D eigenvalue weighted by Crippen LogP contribution is 2.37. The van der Waals surface area contributed by atoms with Crippen LogP contribution < -0.4 is 0 Å². The van der Waals surface area contributed by atoms with Gasteiger partial charge < -0.3 is 5.11 Å². The van der Waals surface area contributed by atoms with E-state index in [1.54, 1.807) is 6.07 Å². The third kappa shape index (κ3) is 4.68. The summed E-state index contributed by atoms with van der Waals surface area (Å²) in [4.78, 5) is 2.97. The van der Waals surface area contributed by atoms with E-state index < -0.39 is 10.1 Å². The van der Waals surface area contributed by atoms with Gasteiger partial charge in [-0.05, 0) is 18.6 Å². The van der Waals surface area contributed by atoms with Crippen LogP contribution in [0, 0.1) is 5.39 Å². The number of rotatable bonds is 9. The van der Waals surface area contributed by atoms with Crippen molar-refractivity contribution in [3.63, 3.8) is 0 Å². The van der Waals surface area contributed by atoms with Crippen LogP contribution in [0.3, 0.4) is 0 Å². The summed E-state index contributed by atoms with van der Waals surface area (Å²) >= 11 is 0. The van der Waals surface area contributed by atoms with Gasteiger partial charge in [-0.15, -0.1) is 0 Å². The second-order valence-electron chi connectivity index (χ2n) is 5.93. The maximum atomic E-state index is 12.5. The van der Waals surface area contributed by atoms with Crippen molar-refractivity contribution < 1.29 is 17.7 Å². The van der Waals surface area contributed by atoms with Crippen LogP contribution in [0.4, 0.5) is 5.69 Å². The highest BCUT2D eigenvalue weighted by Gasteiger charge is 2.23. The van der Waals surface area contributed by atoms with Gasteiger partial charge in [0.25, 0.3) is 10.1 Å². The van der Waals surface area contributed by atoms with Gasteiger partial charge in [-0.1, -0.05) is 51.2 Å². The summed E-state index contributed by atoms with van der Waals surface area (Å²) < 4.78 is 30.1. The average Bonchev–Trinajstić information content (AvgIpc) is 2.61. The van der Waals surface area contributed by atoms with Gasteiger partial charge in [0.2, 0.25) is 11.1 Å². The van der Waals surface area contributed by atoms with E-state index in [1.165, 1.54) is 37.1 Å². The van der Waals surface area contributed by atoms with E-state index in [-0.39, 0.29) is 22.9 Å². The number of unbranched alkanes of at least 4 members (excludes halogenated alkanes) is 5. The van der Waals surface area contributed by atoms with Crippen molar-refractivity contribution in [2.75, 3.05) is 6.61 Å². The van der Waals surface area contributed by atoms with E-state index in [1.807, 2.05) is 0 Å². The number of hydrogen-bond donors (Lipinski definition) is 1. The Morgan fingerprint density at radius 3 is 2.48 bits per heavy atom. The topological polar surface area (TPSA) is 91.8 Å². The minimum absolute atomic E-state index is 0.00391. The Labute approximate surface area is 148 Å². The van der Waals surface area contributed by atoms with Crippen LogP contribution in [0.1, 0.15) is 45.4 Å². The predicted octanol–water partition coefficient (Wildman–Crippen LogP) is 5.10. The third-order valence-electron chi connectivity index (χ3n) is 4.09. The quantitative estimate of drug-likeness (QED) is 0.380. The molecule has 0 amide bonds. The number of phenols is 1. The highest BCUT2D eigenvalue weighted by molar-refractivity contribution is 7.87. The van der Waals surface area contributed by atoms with E-state index in [4.69, 9.17) is 9.58 Å². The number of phenolic OH excluding ortho intramolecular Hbond substituents is 1. The van der Waals surface area contributed by atoms with Gasteiger partial charge >= 0.3 is 5.69 Å². The van der Waals surface area contributed by atoms with Crippen LogP contribution in [0.5, 0.6) is 5.75 Å². The van der Waals surface area contributed by atoms with Crippen LogP contribution in [0.25, 0.3) is 15.7 Å². The minimum atomic E-state index is -3.92. The molecule has 0 unspecified atom stereocenters. The predicted molar refractivity (Wildman–Crippen MR) is 96.9 cm³/mol. The lowest BCUT2D eigenvalue weighted by atomic mass is 10.1. The standard InChI is InChI=1S/C18H22N2O4S/c1-2-3-4-5-6-7-13-24-25(22,23)17-10-8-9-15-14(17)11-12-16(20-19)18(15)21/h8-12H,2-7,13H2,1H3/p+1. The Morgan fingerprint density at radius 1 is 1.04 bits per heavy atom. The first-order chi connectivity index (χ1) is 12.0. The smallest absolute Gasteiger partial charge is 0.426 e. The Kier molecular flexibility index (Phi) is 6.73. The maximum absolute atomic E-state index is 12.5. The summed E-state index contributed by atoms with van der Waals surface area (Å²) in [5, 5.41) is 19.5. The molecule has 0 saturated carbocycles. The van der Waals surface area contributed by atoms with E-state index in [9.17, 15) is 13.5 Å². The first kappa shape index (κ1) is 19.2. The molecule has 134 valence electrons. The fourth-order valence-electron chi connectivity index (χ4n) is 2.71. The molecule has 0 fully saturated rings. The molecule has 0 saturated heterocycles. The van der Waals surface area contributed by atoms with E-state index in [2.05, 4.69) is 11.9 Å². The summed E-state index contributed by atoms with van der Waals surface area (Å²) in [6.07, 6.45) is 6.22. The molecular formula is C18H23N2O4S+. The number of diazo groups is 1. The van der Waals surface area contributed by atoms with Crippen molar-refractivity contribution in [3.05, 3.63) is 35.3 Å². The SMILES string of the molecule is CCCCCCCCOS(=O)(=O)c1cccc2c(O)c([N+]#N)ccc12. The Morgan fingerprint density at radius 2 is 1.76 bits per heavy atom. The van der Waals surface area contributed by atoms with Gasteiger partial charge in [0.15, 0.2) is 4.98 Å². The lowest BCUT2D eigenvalue weighted by molar-refractivity contribution is 0.306. The van der Waals surface area contributed by atoms with Crippen LogP contribution >= 0.6 is 0 Å². The Hall–Kier alpha value is -2.17. The zero-order valence-corrected chi connectivity index (χ0v) is 15.1. The molecule has 2 aromatic rings. The number of aromatic hydroxyl groups is 1. The van der Waals surface area contributed by atoms with Gasteiger partial charge in [-0.2, -0.15) is 8.42 Å². The van der Waals surface area contributed by atoms with Crippen molar-refractivity contribution in [1.29, 1.82) is 5.39 Å². The second kappa shape index (κ2) is 8.79. The van der Waals surface area contributed by atoms with Crippen molar-refractivity contribution in [1.82, 2.24) is 0 Å². The zero-order chi connectivity index (χ0) is 18.3. The zero-order valence-electron chi connectivity index (χ0n) is 14.3. The monoisotopic (exact) mass is 363 g/mol. The number of nitrogens with zero attached hydrogens (tertiary/aromatic N) is 2. The summed E-state index contributed by atoms with van der Waals surface area (Å²) in [5.41, 5.74) is -0.0185. The van der Waals surface area contributed by atoms with Gasteiger partial charge in [-0.3, -0.25) is 4.18 Å². The van der Waals surface area contributed by atoms with Gasteiger partial charge in [0.1, 0.15) is 4.90 Å². The number of benzene rings is 2. The molecule has 6 nitrogen and oxygen atoms in total. The summed E-state index contributed by atoms with van der Waals surface area (Å²) in [7, 11) is -3.92. The number of fused-ring (bicyclic) bond motifs is 1. The van der Waals surface area contributed by atoms with Crippen molar-refractivity contribution >= 4 is 26.6 Å². The molecular weight excluding hydrogens is 340 g/mol. The molecule has 0 atom stereocenters. The molecule has 0 spiro atoms. The van der Waals surface area contributed by atoms with E-state index in [0.717, 1.165) is 19.3 Å². The first-order valence-electron chi connectivity index (χ1n) is 8.50. The maximum Gasteiger partial charge on any atom is 0.426 e. The third-order valence-corrected chi connectivity index (χ3v) is 5.46. The van der Waals surface area contributed by atoms with Gasteiger partial charge in [-0.25, -0.2) is 0 Å². The molecule has 0 aliphatic rings. The fraction of sp³-hybridized carbons (Fsp3) is 0.444. The molecule has 2 aromatic carbocycles. The minimum Gasteiger partial charge on any atom is -0.501 e. The first-order valence-corrected chi connectivity index (χ1v) is 9.91. The van der Waals surface area contributed by atoms with Crippen LogP contribution in [-0.2, 0) is 14.3 Å². The largest absolute Gasteiger partial charge is 0.501 e. The van der Waals surface area contributed by atoms with Crippen molar-refractivity contribution in [3.8, 4) is 5.75 Å². The van der Waals surface area contributed by atoms with E-state index in [0.29, 0.717) is 17.2 Å². The normalized spacial score (nSPS) is 11.5. The molecule has 1 N–H and O–H groups in total. The second-order valence-corrected chi connectivity index (χ2v) is 7.51. The molecule has 0 aromatic heterocycles. The van der Waals surface area contributed by atoms with Crippen LogP contribution in [-0.4, -0.2) is 20.1 Å². The lowest BCUT2D eigenvalue weighted by Crippen LogP contribution is -2.08. The Bertz CT molecular complexity index is 873. The van der Waals surface area contributed by atoms with Crippen LogP contribution in [0.15, 0.2) is 35.2 Å². The molecule has 0 aliphatic heterocycles. The fourth-order valence-corrected chi connectivity index (χ4v) is 3.87. The average molecular weight is 363 g/mol. The van der Waals surface area contributed by atoms with Gasteiger partial charge in [0, 0.05) is 16.8 Å². The lowest BCUT2D eigenvalue weighted by Gasteiger charge is -2.09. The van der Waals surface area contributed by atoms with Crippen LogP contribution in [0.2, 0.25) is 0 Å². The summed E-state index contributed by atoms with van der Waals surface area (Å²) in [5.74, 6) is -0.270. The molecule has 2 rings (SSSR count).